The van der Waals surface area contributed by atoms with Crippen LogP contribution in [0.15, 0.2) is 66.1 Å². The molecule has 0 amide bonds. The van der Waals surface area contributed by atoms with Crippen molar-refractivity contribution in [3.05, 3.63) is 77.2 Å². The van der Waals surface area contributed by atoms with E-state index in [1.807, 2.05) is 31.1 Å². The van der Waals surface area contributed by atoms with Crippen LogP contribution < -0.4 is 0 Å². The van der Waals surface area contributed by atoms with Crippen LogP contribution in [-0.4, -0.2) is 23.3 Å². The van der Waals surface area contributed by atoms with Crippen molar-refractivity contribution in [1.82, 2.24) is 4.90 Å². The highest BCUT2D eigenvalue weighted by Gasteiger charge is 2.05. The molecular formula is C17H17NS2. The molecule has 0 saturated carbocycles. The van der Waals surface area contributed by atoms with Crippen molar-refractivity contribution in [2.45, 2.75) is 0 Å². The van der Waals surface area contributed by atoms with Gasteiger partial charge in [0.05, 0.1) is 0 Å². The van der Waals surface area contributed by atoms with E-state index in [1.165, 1.54) is 16.7 Å². The molecule has 0 saturated heterocycles. The molecule has 0 aliphatic rings. The quantitative estimate of drug-likeness (QED) is 0.759. The molecule has 0 spiro atoms. The standard InChI is InChI=1S/C17H17NS2/c1-18(2)17(19)20-13-16(14-9-5-3-6-10-14)15-11-7-4-8-12-15/h3-13H,1-2H3. The molecule has 0 radical (unpaired) electrons. The smallest absolute Gasteiger partial charge is 0.140 e. The van der Waals surface area contributed by atoms with Crippen LogP contribution in [0, 0.1) is 0 Å². The second-order valence-electron chi connectivity index (χ2n) is 4.54. The van der Waals surface area contributed by atoms with Gasteiger partial charge < -0.3 is 4.90 Å². The fourth-order valence-electron chi connectivity index (χ4n) is 1.75. The van der Waals surface area contributed by atoms with Crippen molar-refractivity contribution in [2.75, 3.05) is 14.1 Å². The molecule has 0 N–H and O–H groups in total. The zero-order chi connectivity index (χ0) is 14.4. The minimum atomic E-state index is 0.856. The third-order valence-corrected chi connectivity index (χ3v) is 4.39. The predicted molar refractivity (Wildman–Crippen MR) is 93.8 cm³/mol. The normalized spacial score (nSPS) is 9.90. The van der Waals surface area contributed by atoms with Gasteiger partial charge in [0.1, 0.15) is 4.32 Å². The highest BCUT2D eigenvalue weighted by atomic mass is 32.2. The fourth-order valence-corrected chi connectivity index (χ4v) is 2.60. The molecule has 0 fully saturated rings. The maximum atomic E-state index is 5.34. The molecule has 0 unspecified atom stereocenters. The monoisotopic (exact) mass is 299 g/mol. The summed E-state index contributed by atoms with van der Waals surface area (Å²) in [5.41, 5.74) is 3.60. The molecule has 2 aromatic rings. The van der Waals surface area contributed by atoms with Gasteiger partial charge in [-0.05, 0) is 22.1 Å². The minimum absolute atomic E-state index is 0.856. The Kier molecular flexibility index (Phi) is 5.39. The second kappa shape index (κ2) is 7.27. The van der Waals surface area contributed by atoms with Crippen LogP contribution in [0.5, 0.6) is 0 Å². The lowest BCUT2D eigenvalue weighted by Crippen LogP contribution is -2.15. The Balaban J connectivity index is 2.35. The van der Waals surface area contributed by atoms with Crippen LogP contribution in [0.2, 0.25) is 0 Å². The highest BCUT2D eigenvalue weighted by molar-refractivity contribution is 8.24. The fraction of sp³-hybridized carbons (Fsp3) is 0.118. The number of hydrogen-bond donors (Lipinski definition) is 0. The summed E-state index contributed by atoms with van der Waals surface area (Å²) >= 11 is 6.92. The summed E-state index contributed by atoms with van der Waals surface area (Å²) in [6, 6.07) is 20.8. The molecule has 0 aromatic heterocycles. The lowest BCUT2D eigenvalue weighted by atomic mass is 10.00. The molecule has 102 valence electrons. The number of thiocarbonyl (C=S) groups is 1. The lowest BCUT2D eigenvalue weighted by molar-refractivity contribution is 0.648. The average Bonchev–Trinajstić information content (AvgIpc) is 2.49. The first-order chi connectivity index (χ1) is 9.68. The Labute approximate surface area is 130 Å². The van der Waals surface area contributed by atoms with Crippen LogP contribution in [0.3, 0.4) is 0 Å². The summed E-state index contributed by atoms with van der Waals surface area (Å²) in [5, 5.41) is 2.13. The van der Waals surface area contributed by atoms with Crippen molar-refractivity contribution < 1.29 is 0 Å². The Morgan fingerprint density at radius 3 is 1.75 bits per heavy atom. The summed E-state index contributed by atoms with van der Waals surface area (Å²) < 4.78 is 0.856. The van der Waals surface area contributed by atoms with E-state index < -0.39 is 0 Å². The van der Waals surface area contributed by atoms with Crippen LogP contribution in [0.1, 0.15) is 11.1 Å². The first-order valence-corrected chi connectivity index (χ1v) is 7.66. The molecule has 2 aromatic carbocycles. The first-order valence-electron chi connectivity index (χ1n) is 6.37. The summed E-state index contributed by atoms with van der Waals surface area (Å²) in [6.45, 7) is 0. The van der Waals surface area contributed by atoms with Crippen LogP contribution >= 0.6 is 24.0 Å². The van der Waals surface area contributed by atoms with Gasteiger partial charge in [-0.1, -0.05) is 84.6 Å². The van der Waals surface area contributed by atoms with E-state index in [4.69, 9.17) is 12.2 Å². The molecule has 0 heterocycles. The summed E-state index contributed by atoms with van der Waals surface area (Å²) in [4.78, 5) is 1.95. The SMILES string of the molecule is CN(C)C(=S)SC=C(c1ccccc1)c1ccccc1. The van der Waals surface area contributed by atoms with Crippen molar-refractivity contribution in [3.8, 4) is 0 Å². The molecule has 0 bridgehead atoms. The van der Waals surface area contributed by atoms with Gasteiger partial charge in [0.25, 0.3) is 0 Å². The van der Waals surface area contributed by atoms with E-state index in [9.17, 15) is 0 Å². The first kappa shape index (κ1) is 14.8. The molecule has 20 heavy (non-hydrogen) atoms. The third-order valence-electron chi connectivity index (χ3n) is 2.81. The maximum absolute atomic E-state index is 5.34. The van der Waals surface area contributed by atoms with Gasteiger partial charge in [-0.3, -0.25) is 0 Å². The molecule has 0 aliphatic heterocycles. The van der Waals surface area contributed by atoms with Gasteiger partial charge in [0.15, 0.2) is 0 Å². The molecule has 1 nitrogen and oxygen atoms in total. The van der Waals surface area contributed by atoms with E-state index in [1.54, 1.807) is 11.8 Å². The maximum Gasteiger partial charge on any atom is 0.140 e. The molecule has 0 aliphatic carbocycles. The Morgan fingerprint density at radius 1 is 0.900 bits per heavy atom. The lowest BCUT2D eigenvalue weighted by Gasteiger charge is -2.12. The number of hydrogen-bond acceptors (Lipinski definition) is 2. The van der Waals surface area contributed by atoms with Crippen LogP contribution in [0.25, 0.3) is 5.57 Å². The molecule has 3 heteroatoms. The van der Waals surface area contributed by atoms with Crippen LogP contribution in [-0.2, 0) is 0 Å². The van der Waals surface area contributed by atoms with Crippen molar-refractivity contribution in [3.63, 3.8) is 0 Å². The van der Waals surface area contributed by atoms with Crippen molar-refractivity contribution >= 4 is 33.9 Å². The largest absolute Gasteiger partial charge is 0.363 e. The number of nitrogens with zero attached hydrogens (tertiary/aromatic N) is 1. The van der Waals surface area contributed by atoms with Gasteiger partial charge in [-0.25, -0.2) is 0 Å². The molecule has 2 rings (SSSR count). The van der Waals surface area contributed by atoms with Gasteiger partial charge in [0, 0.05) is 14.1 Å². The topological polar surface area (TPSA) is 3.24 Å². The Hall–Kier alpha value is -1.58. The van der Waals surface area contributed by atoms with Crippen LogP contribution in [0.4, 0.5) is 0 Å². The molecular weight excluding hydrogens is 282 g/mol. The van der Waals surface area contributed by atoms with Crippen molar-refractivity contribution in [1.29, 1.82) is 0 Å². The number of rotatable bonds is 3. The van der Waals surface area contributed by atoms with E-state index in [-0.39, 0.29) is 0 Å². The second-order valence-corrected chi connectivity index (χ2v) is 6.04. The van der Waals surface area contributed by atoms with Gasteiger partial charge >= 0.3 is 0 Å². The number of thioether (sulfide) groups is 1. The highest BCUT2D eigenvalue weighted by Crippen LogP contribution is 2.26. The molecule has 0 atom stereocenters. The Bertz CT molecular complexity index is 547. The van der Waals surface area contributed by atoms with Gasteiger partial charge in [-0.2, -0.15) is 0 Å². The van der Waals surface area contributed by atoms with E-state index in [0.717, 1.165) is 4.32 Å². The zero-order valence-electron chi connectivity index (χ0n) is 11.6. The van der Waals surface area contributed by atoms with E-state index in [0.29, 0.717) is 0 Å². The zero-order valence-corrected chi connectivity index (χ0v) is 13.2. The van der Waals surface area contributed by atoms with E-state index >= 15 is 0 Å². The average molecular weight is 299 g/mol. The number of benzene rings is 2. The Morgan fingerprint density at radius 2 is 1.35 bits per heavy atom. The van der Waals surface area contributed by atoms with Gasteiger partial charge in [0.2, 0.25) is 0 Å². The minimum Gasteiger partial charge on any atom is -0.363 e. The summed E-state index contributed by atoms with van der Waals surface area (Å²) in [5.74, 6) is 0. The summed E-state index contributed by atoms with van der Waals surface area (Å²) in [7, 11) is 3.93. The third kappa shape index (κ3) is 3.95. The summed E-state index contributed by atoms with van der Waals surface area (Å²) in [6.07, 6.45) is 0. The van der Waals surface area contributed by atoms with Gasteiger partial charge in [-0.15, -0.1) is 0 Å². The van der Waals surface area contributed by atoms with Crippen molar-refractivity contribution in [2.24, 2.45) is 0 Å². The predicted octanol–water partition coefficient (Wildman–Crippen LogP) is 4.66. The van der Waals surface area contributed by atoms with E-state index in [2.05, 4.69) is 53.9 Å².